The van der Waals surface area contributed by atoms with Crippen LogP contribution < -0.4 is 4.90 Å². The van der Waals surface area contributed by atoms with E-state index >= 15 is 0 Å². The molecule has 3 heterocycles. The first-order valence-electron chi connectivity index (χ1n) is 7.90. The molecule has 110 valence electrons. The van der Waals surface area contributed by atoms with Crippen LogP contribution in [0.15, 0.2) is 12.1 Å². The first kappa shape index (κ1) is 13.8. The third-order valence-corrected chi connectivity index (χ3v) is 4.63. The molecule has 3 rings (SSSR count). The summed E-state index contributed by atoms with van der Waals surface area (Å²) in [4.78, 5) is 9.80. The molecule has 0 spiro atoms. The molecule has 4 nitrogen and oxygen atoms in total. The molecule has 1 atom stereocenters. The van der Waals surface area contributed by atoms with E-state index in [0.29, 0.717) is 6.04 Å². The second kappa shape index (κ2) is 6.10. The summed E-state index contributed by atoms with van der Waals surface area (Å²) in [6, 6.07) is 4.76. The van der Waals surface area contributed by atoms with Crippen molar-refractivity contribution in [3.05, 3.63) is 23.4 Å². The summed E-state index contributed by atoms with van der Waals surface area (Å²) in [7, 11) is 0. The molecule has 2 aliphatic heterocycles. The van der Waals surface area contributed by atoms with Crippen molar-refractivity contribution in [3.8, 4) is 0 Å². The SMILES string of the molecule is CCc1cc(CO)cc(N2CCN3CCCCC3C2)n1. The minimum Gasteiger partial charge on any atom is -0.392 e. The molecule has 1 N–H and O–H groups in total. The number of hydrogen-bond donors (Lipinski definition) is 1. The molecular formula is C16H25N3O. The third-order valence-electron chi connectivity index (χ3n) is 4.63. The Morgan fingerprint density at radius 2 is 2.15 bits per heavy atom. The van der Waals surface area contributed by atoms with Gasteiger partial charge < -0.3 is 10.0 Å². The van der Waals surface area contributed by atoms with E-state index in [0.717, 1.165) is 43.1 Å². The minimum atomic E-state index is 0.103. The fourth-order valence-electron chi connectivity index (χ4n) is 3.43. The molecule has 2 fully saturated rings. The van der Waals surface area contributed by atoms with Crippen LogP contribution in [0, 0.1) is 0 Å². The average molecular weight is 275 g/mol. The normalized spacial score (nSPS) is 23.7. The number of nitrogens with zero attached hydrogens (tertiary/aromatic N) is 3. The fraction of sp³-hybridized carbons (Fsp3) is 0.688. The van der Waals surface area contributed by atoms with Gasteiger partial charge in [0.2, 0.25) is 0 Å². The van der Waals surface area contributed by atoms with Gasteiger partial charge in [-0.1, -0.05) is 13.3 Å². The van der Waals surface area contributed by atoms with E-state index in [9.17, 15) is 5.11 Å². The van der Waals surface area contributed by atoms with Crippen LogP contribution in [0.5, 0.6) is 0 Å². The van der Waals surface area contributed by atoms with Gasteiger partial charge in [-0.3, -0.25) is 4.90 Å². The maximum absolute atomic E-state index is 9.41. The second-order valence-corrected chi connectivity index (χ2v) is 5.97. The van der Waals surface area contributed by atoms with E-state index in [2.05, 4.69) is 22.8 Å². The van der Waals surface area contributed by atoms with E-state index in [4.69, 9.17) is 4.98 Å². The number of fused-ring (bicyclic) bond motifs is 1. The minimum absolute atomic E-state index is 0.103. The van der Waals surface area contributed by atoms with Crippen LogP contribution >= 0.6 is 0 Å². The number of pyridine rings is 1. The number of aliphatic hydroxyl groups is 1. The summed E-state index contributed by atoms with van der Waals surface area (Å²) < 4.78 is 0. The largest absolute Gasteiger partial charge is 0.392 e. The highest BCUT2D eigenvalue weighted by atomic mass is 16.3. The quantitative estimate of drug-likeness (QED) is 0.913. The second-order valence-electron chi connectivity index (χ2n) is 5.97. The van der Waals surface area contributed by atoms with E-state index in [1.54, 1.807) is 0 Å². The molecule has 0 radical (unpaired) electrons. The van der Waals surface area contributed by atoms with Crippen molar-refractivity contribution in [2.45, 2.75) is 45.3 Å². The molecule has 0 bridgehead atoms. The van der Waals surface area contributed by atoms with Gasteiger partial charge in [0.1, 0.15) is 5.82 Å². The molecule has 0 aromatic carbocycles. The first-order valence-corrected chi connectivity index (χ1v) is 7.90. The van der Waals surface area contributed by atoms with E-state index < -0.39 is 0 Å². The van der Waals surface area contributed by atoms with E-state index in [1.807, 2.05) is 6.07 Å². The monoisotopic (exact) mass is 275 g/mol. The Labute approximate surface area is 121 Å². The topological polar surface area (TPSA) is 39.6 Å². The maximum atomic E-state index is 9.41. The lowest BCUT2D eigenvalue weighted by atomic mass is 9.99. The summed E-state index contributed by atoms with van der Waals surface area (Å²) in [6.45, 7) is 6.78. The van der Waals surface area contributed by atoms with Gasteiger partial charge in [0.15, 0.2) is 0 Å². The molecule has 1 aromatic heterocycles. The highest BCUT2D eigenvalue weighted by molar-refractivity contribution is 5.43. The number of aromatic nitrogens is 1. The molecule has 0 aliphatic carbocycles. The van der Waals surface area contributed by atoms with Crippen LogP contribution in [0.4, 0.5) is 5.82 Å². The zero-order valence-electron chi connectivity index (χ0n) is 12.4. The zero-order chi connectivity index (χ0) is 13.9. The van der Waals surface area contributed by atoms with Crippen molar-refractivity contribution in [2.24, 2.45) is 0 Å². The molecule has 0 amide bonds. The van der Waals surface area contributed by atoms with Crippen LogP contribution in [0.3, 0.4) is 0 Å². The Morgan fingerprint density at radius 3 is 2.95 bits per heavy atom. The Bertz CT molecular complexity index is 441. The highest BCUT2D eigenvalue weighted by Gasteiger charge is 2.29. The highest BCUT2D eigenvalue weighted by Crippen LogP contribution is 2.25. The number of rotatable bonds is 3. The average Bonchev–Trinajstić information content (AvgIpc) is 2.53. The molecule has 2 aliphatic rings. The number of aryl methyl sites for hydroxylation is 1. The summed E-state index contributed by atoms with van der Waals surface area (Å²) in [5, 5.41) is 9.41. The standard InChI is InChI=1S/C16H25N3O/c1-2-14-9-13(12-20)10-16(17-14)19-8-7-18-6-4-3-5-15(18)11-19/h9-10,15,20H,2-8,11-12H2,1H3. The Morgan fingerprint density at radius 1 is 1.25 bits per heavy atom. The smallest absolute Gasteiger partial charge is 0.129 e. The van der Waals surface area contributed by atoms with Gasteiger partial charge in [-0.05, 0) is 43.5 Å². The van der Waals surface area contributed by atoms with Gasteiger partial charge in [0, 0.05) is 31.4 Å². The maximum Gasteiger partial charge on any atom is 0.129 e. The van der Waals surface area contributed by atoms with E-state index in [-0.39, 0.29) is 6.61 Å². The van der Waals surface area contributed by atoms with Gasteiger partial charge in [0.25, 0.3) is 0 Å². The number of aliphatic hydroxyl groups excluding tert-OH is 1. The lowest BCUT2D eigenvalue weighted by Gasteiger charge is -2.44. The van der Waals surface area contributed by atoms with E-state index in [1.165, 1.54) is 25.8 Å². The summed E-state index contributed by atoms with van der Waals surface area (Å²) in [6.07, 6.45) is 4.95. The van der Waals surface area contributed by atoms with Crippen LogP contribution in [0.25, 0.3) is 0 Å². The number of piperidine rings is 1. The zero-order valence-corrected chi connectivity index (χ0v) is 12.4. The van der Waals surface area contributed by atoms with Gasteiger partial charge in [-0.15, -0.1) is 0 Å². The van der Waals surface area contributed by atoms with Crippen LogP contribution in [-0.4, -0.2) is 47.2 Å². The summed E-state index contributed by atoms with van der Waals surface area (Å²) in [5.74, 6) is 1.05. The first-order chi connectivity index (χ1) is 9.80. The Hall–Kier alpha value is -1.13. The predicted octanol–water partition coefficient (Wildman–Crippen LogP) is 1.81. The van der Waals surface area contributed by atoms with Crippen molar-refractivity contribution in [3.63, 3.8) is 0 Å². The van der Waals surface area contributed by atoms with Crippen LogP contribution in [0.2, 0.25) is 0 Å². The fourth-order valence-corrected chi connectivity index (χ4v) is 3.43. The lowest BCUT2D eigenvalue weighted by molar-refractivity contribution is 0.133. The van der Waals surface area contributed by atoms with Crippen molar-refractivity contribution >= 4 is 5.82 Å². The van der Waals surface area contributed by atoms with Crippen LogP contribution in [-0.2, 0) is 13.0 Å². The molecule has 2 saturated heterocycles. The lowest BCUT2D eigenvalue weighted by Crippen LogP contribution is -2.55. The Balaban J connectivity index is 1.78. The predicted molar refractivity (Wildman–Crippen MR) is 81.0 cm³/mol. The third kappa shape index (κ3) is 2.81. The molecule has 1 aromatic rings. The number of hydrogen-bond acceptors (Lipinski definition) is 4. The summed E-state index contributed by atoms with van der Waals surface area (Å²) in [5.41, 5.74) is 2.07. The van der Waals surface area contributed by atoms with Gasteiger partial charge in [0.05, 0.1) is 6.61 Å². The number of anilines is 1. The van der Waals surface area contributed by atoms with Crippen molar-refractivity contribution in [1.82, 2.24) is 9.88 Å². The van der Waals surface area contributed by atoms with Crippen molar-refractivity contribution < 1.29 is 5.11 Å². The molecule has 0 saturated carbocycles. The molecular weight excluding hydrogens is 250 g/mol. The van der Waals surface area contributed by atoms with Gasteiger partial charge in [-0.2, -0.15) is 0 Å². The molecule has 4 heteroatoms. The Kier molecular flexibility index (Phi) is 4.22. The van der Waals surface area contributed by atoms with Gasteiger partial charge >= 0.3 is 0 Å². The molecule has 20 heavy (non-hydrogen) atoms. The number of piperazine rings is 1. The molecule has 1 unspecified atom stereocenters. The van der Waals surface area contributed by atoms with Crippen LogP contribution in [0.1, 0.15) is 37.4 Å². The van der Waals surface area contributed by atoms with Gasteiger partial charge in [-0.25, -0.2) is 4.98 Å². The van der Waals surface area contributed by atoms with Crippen molar-refractivity contribution in [1.29, 1.82) is 0 Å². The summed E-state index contributed by atoms with van der Waals surface area (Å²) >= 11 is 0. The van der Waals surface area contributed by atoms with Crippen molar-refractivity contribution in [2.75, 3.05) is 31.1 Å².